The highest BCUT2D eigenvalue weighted by molar-refractivity contribution is 7.10. The molecule has 7 heteroatoms. The molecule has 1 unspecified atom stereocenters. The second kappa shape index (κ2) is 9.35. The Hall–Kier alpha value is -1.89. The van der Waals surface area contributed by atoms with Gasteiger partial charge in [0.05, 0.1) is 0 Å². The van der Waals surface area contributed by atoms with Gasteiger partial charge in [0.15, 0.2) is 0 Å². The molecule has 2 amide bonds. The number of fused-ring (bicyclic) bond motifs is 1. The molecule has 5 nitrogen and oxygen atoms in total. The van der Waals surface area contributed by atoms with Gasteiger partial charge in [-0.25, -0.2) is 0 Å². The zero-order chi connectivity index (χ0) is 18.7. The molecule has 1 aliphatic rings. The highest BCUT2D eigenvalue weighted by atomic mass is 35.5. The van der Waals surface area contributed by atoms with E-state index in [0.29, 0.717) is 30.6 Å². The number of benzene rings is 1. The molecule has 2 aromatic rings. The number of carbonyl (C=O) groups excluding carboxylic acids is 2. The van der Waals surface area contributed by atoms with Crippen LogP contribution in [0.4, 0.5) is 5.69 Å². The summed E-state index contributed by atoms with van der Waals surface area (Å²) in [6.07, 6.45) is 1.92. The van der Waals surface area contributed by atoms with Crippen LogP contribution in [0.25, 0.3) is 0 Å². The van der Waals surface area contributed by atoms with E-state index >= 15 is 0 Å². The summed E-state index contributed by atoms with van der Waals surface area (Å²) in [6.45, 7) is 5.16. The number of halogens is 1. The summed E-state index contributed by atoms with van der Waals surface area (Å²) in [5.74, 6) is -0.0538. The van der Waals surface area contributed by atoms with Crippen LogP contribution < -0.4 is 11.1 Å². The third-order valence-corrected chi connectivity index (χ3v) is 5.78. The van der Waals surface area contributed by atoms with Gasteiger partial charge in [0.1, 0.15) is 0 Å². The van der Waals surface area contributed by atoms with Crippen molar-refractivity contribution in [2.45, 2.75) is 45.7 Å². The van der Waals surface area contributed by atoms with Gasteiger partial charge < -0.3 is 16.0 Å². The largest absolute Gasteiger partial charge is 0.334 e. The molecule has 0 saturated carbocycles. The van der Waals surface area contributed by atoms with Gasteiger partial charge in [-0.1, -0.05) is 6.07 Å². The van der Waals surface area contributed by atoms with Crippen LogP contribution in [0.3, 0.4) is 0 Å². The van der Waals surface area contributed by atoms with Crippen molar-refractivity contribution in [1.82, 2.24) is 4.90 Å². The van der Waals surface area contributed by atoms with Gasteiger partial charge in [-0.3, -0.25) is 9.59 Å². The molecule has 0 radical (unpaired) electrons. The molecular weight excluding hydrogens is 382 g/mol. The van der Waals surface area contributed by atoms with E-state index in [9.17, 15) is 9.59 Å². The molecule has 3 N–H and O–H groups in total. The average molecular weight is 408 g/mol. The molecule has 2 heterocycles. The number of amides is 2. The predicted molar refractivity (Wildman–Crippen MR) is 113 cm³/mol. The van der Waals surface area contributed by atoms with Gasteiger partial charge in [0, 0.05) is 41.7 Å². The molecule has 0 aliphatic carbocycles. The number of nitrogens with two attached hydrogens (primary N) is 1. The van der Waals surface area contributed by atoms with Crippen LogP contribution in [0.1, 0.15) is 46.1 Å². The lowest BCUT2D eigenvalue weighted by Crippen LogP contribution is -2.35. The zero-order valence-electron chi connectivity index (χ0n) is 15.7. The van der Waals surface area contributed by atoms with Crippen molar-refractivity contribution in [2.75, 3.05) is 11.9 Å². The van der Waals surface area contributed by atoms with Gasteiger partial charge in [-0.05, 0) is 61.4 Å². The lowest BCUT2D eigenvalue weighted by molar-refractivity contribution is -0.116. The quantitative estimate of drug-likeness (QED) is 0.792. The van der Waals surface area contributed by atoms with Crippen LogP contribution in [-0.4, -0.2) is 29.3 Å². The number of thiophene rings is 1. The van der Waals surface area contributed by atoms with Crippen molar-refractivity contribution in [1.29, 1.82) is 0 Å². The standard InChI is InChI=1S/C20H25N3O2S.ClH/c1-13(21)6-7-19(24)22-17-5-3-4-16(14(17)2)20(25)23-10-8-18-15(12-23)9-11-26-18;/h3-5,9,11,13H,6-8,10,12,21H2,1-2H3,(H,22,24);1H. The Labute approximate surface area is 170 Å². The second-order valence-corrected chi connectivity index (χ2v) is 7.89. The van der Waals surface area contributed by atoms with Crippen LogP contribution >= 0.6 is 23.7 Å². The monoisotopic (exact) mass is 407 g/mol. The second-order valence-electron chi connectivity index (χ2n) is 6.89. The number of carbonyl (C=O) groups is 2. The summed E-state index contributed by atoms with van der Waals surface area (Å²) in [5.41, 5.74) is 9.10. The molecule has 27 heavy (non-hydrogen) atoms. The van der Waals surface area contributed by atoms with E-state index in [4.69, 9.17) is 5.73 Å². The van der Waals surface area contributed by atoms with Gasteiger partial charge in [0.2, 0.25) is 5.91 Å². The van der Waals surface area contributed by atoms with E-state index in [0.717, 1.165) is 18.5 Å². The Morgan fingerprint density at radius 3 is 2.85 bits per heavy atom. The summed E-state index contributed by atoms with van der Waals surface area (Å²) in [5, 5.41) is 5.00. The first-order valence-corrected chi connectivity index (χ1v) is 9.83. The summed E-state index contributed by atoms with van der Waals surface area (Å²) in [4.78, 5) is 28.4. The molecule has 146 valence electrons. The average Bonchev–Trinajstić information content (AvgIpc) is 3.09. The Balaban J connectivity index is 0.00000261. The van der Waals surface area contributed by atoms with Crippen molar-refractivity contribution >= 4 is 41.2 Å². The Bertz CT molecular complexity index is 819. The molecule has 0 spiro atoms. The first kappa shape index (κ1) is 21.4. The summed E-state index contributed by atoms with van der Waals surface area (Å²) < 4.78 is 0. The van der Waals surface area contributed by atoms with E-state index < -0.39 is 0 Å². The fourth-order valence-electron chi connectivity index (χ4n) is 3.17. The summed E-state index contributed by atoms with van der Waals surface area (Å²) >= 11 is 1.76. The minimum atomic E-state index is -0.0733. The molecule has 0 saturated heterocycles. The van der Waals surface area contributed by atoms with E-state index in [-0.39, 0.29) is 30.3 Å². The first-order chi connectivity index (χ1) is 12.5. The SMILES string of the molecule is Cc1c(NC(=O)CCC(C)N)cccc1C(=O)N1CCc2sccc2C1.Cl. The van der Waals surface area contributed by atoms with Gasteiger partial charge in [-0.15, -0.1) is 23.7 Å². The molecule has 1 aliphatic heterocycles. The number of anilines is 1. The number of hydrogen-bond acceptors (Lipinski definition) is 4. The van der Waals surface area contributed by atoms with Crippen LogP contribution in [0.5, 0.6) is 0 Å². The van der Waals surface area contributed by atoms with Crippen molar-refractivity contribution in [3.05, 3.63) is 51.2 Å². The molecule has 1 aromatic carbocycles. The van der Waals surface area contributed by atoms with Crippen molar-refractivity contribution in [2.24, 2.45) is 5.73 Å². The van der Waals surface area contributed by atoms with Crippen LogP contribution in [0, 0.1) is 6.92 Å². The molecule has 0 fully saturated rings. The maximum atomic E-state index is 13.0. The van der Waals surface area contributed by atoms with E-state index in [1.165, 1.54) is 10.4 Å². The fraction of sp³-hybridized carbons (Fsp3) is 0.400. The topological polar surface area (TPSA) is 75.4 Å². The van der Waals surface area contributed by atoms with Gasteiger partial charge >= 0.3 is 0 Å². The number of rotatable bonds is 5. The highest BCUT2D eigenvalue weighted by Crippen LogP contribution is 2.27. The predicted octanol–water partition coefficient (Wildman–Crippen LogP) is 3.74. The summed E-state index contributed by atoms with van der Waals surface area (Å²) in [7, 11) is 0. The number of nitrogens with zero attached hydrogens (tertiary/aromatic N) is 1. The lowest BCUT2D eigenvalue weighted by Gasteiger charge is -2.28. The van der Waals surface area contributed by atoms with Crippen molar-refractivity contribution < 1.29 is 9.59 Å². The smallest absolute Gasteiger partial charge is 0.254 e. The van der Waals surface area contributed by atoms with Crippen LogP contribution in [0.15, 0.2) is 29.6 Å². The fourth-order valence-corrected chi connectivity index (χ4v) is 4.06. The third kappa shape index (κ3) is 5.09. The van der Waals surface area contributed by atoms with E-state index in [1.54, 1.807) is 11.3 Å². The molecule has 1 aromatic heterocycles. The maximum Gasteiger partial charge on any atom is 0.254 e. The minimum Gasteiger partial charge on any atom is -0.334 e. The van der Waals surface area contributed by atoms with Crippen molar-refractivity contribution in [3.8, 4) is 0 Å². The molecular formula is C20H26ClN3O2S. The normalized spacial score (nSPS) is 14.1. The molecule has 0 bridgehead atoms. The zero-order valence-corrected chi connectivity index (χ0v) is 17.3. The van der Waals surface area contributed by atoms with Crippen LogP contribution in [-0.2, 0) is 17.8 Å². The Morgan fingerprint density at radius 2 is 2.11 bits per heavy atom. The summed E-state index contributed by atoms with van der Waals surface area (Å²) in [6, 6.07) is 7.58. The molecule has 3 rings (SSSR count). The maximum absolute atomic E-state index is 13.0. The first-order valence-electron chi connectivity index (χ1n) is 8.95. The molecule has 1 atom stereocenters. The van der Waals surface area contributed by atoms with Gasteiger partial charge in [-0.2, -0.15) is 0 Å². The Morgan fingerprint density at radius 1 is 1.33 bits per heavy atom. The van der Waals surface area contributed by atoms with Crippen LogP contribution in [0.2, 0.25) is 0 Å². The number of nitrogens with one attached hydrogen (secondary N) is 1. The lowest BCUT2D eigenvalue weighted by atomic mass is 10.0. The van der Waals surface area contributed by atoms with Crippen molar-refractivity contribution in [3.63, 3.8) is 0 Å². The number of hydrogen-bond donors (Lipinski definition) is 2. The van der Waals surface area contributed by atoms with E-state index in [1.807, 2.05) is 36.9 Å². The Kier molecular flexibility index (Phi) is 7.41. The van der Waals surface area contributed by atoms with Gasteiger partial charge in [0.25, 0.3) is 5.91 Å². The minimum absolute atomic E-state index is 0. The third-order valence-electron chi connectivity index (χ3n) is 4.76. The highest BCUT2D eigenvalue weighted by Gasteiger charge is 2.24. The van der Waals surface area contributed by atoms with E-state index in [2.05, 4.69) is 16.8 Å².